The van der Waals surface area contributed by atoms with Crippen LogP contribution in [0.1, 0.15) is 38.8 Å². The number of ether oxygens (including phenoxy) is 3. The van der Waals surface area contributed by atoms with Crippen molar-refractivity contribution in [2.75, 3.05) is 12.4 Å². The summed E-state index contributed by atoms with van der Waals surface area (Å²) >= 11 is 0. The van der Waals surface area contributed by atoms with Gasteiger partial charge >= 0.3 is 11.8 Å². The summed E-state index contributed by atoms with van der Waals surface area (Å²) in [5.74, 6) is -0.361. The maximum absolute atomic E-state index is 12.3. The third kappa shape index (κ3) is 4.36. The number of hydrogen-bond donors (Lipinski definition) is 2. The van der Waals surface area contributed by atoms with E-state index in [0.717, 1.165) is 11.3 Å². The van der Waals surface area contributed by atoms with E-state index in [4.69, 9.17) is 14.2 Å². The molecule has 1 unspecified atom stereocenters. The number of carbonyl (C=O) groups is 2. The Morgan fingerprint density at radius 3 is 2.36 bits per heavy atom. The Hall–Kier alpha value is -3.22. The van der Waals surface area contributed by atoms with E-state index in [-0.39, 0.29) is 6.04 Å². The van der Waals surface area contributed by atoms with Gasteiger partial charge in [-0.15, -0.1) is 0 Å². The van der Waals surface area contributed by atoms with Crippen LogP contribution in [0.5, 0.6) is 17.2 Å². The Labute approximate surface area is 164 Å². The standard InChI is InChI=1S/C21H24N2O5/c1-5-16(13-6-9-15(26-4)10-7-13)23-20(25)19(24)22-14-8-11-17-18(12-14)28-21(2,3)27-17/h6-12,16H,5H2,1-4H3,(H,22,24)(H,23,25). The summed E-state index contributed by atoms with van der Waals surface area (Å²) < 4.78 is 16.4. The fraction of sp³-hybridized carbons (Fsp3) is 0.333. The minimum Gasteiger partial charge on any atom is -0.497 e. The molecule has 0 saturated carbocycles. The second-order valence-electron chi connectivity index (χ2n) is 6.93. The Kier molecular flexibility index (Phi) is 5.44. The van der Waals surface area contributed by atoms with Crippen molar-refractivity contribution in [3.8, 4) is 17.2 Å². The molecule has 0 saturated heterocycles. The molecule has 2 amide bonds. The van der Waals surface area contributed by atoms with Crippen LogP contribution in [0.15, 0.2) is 42.5 Å². The second-order valence-corrected chi connectivity index (χ2v) is 6.93. The predicted molar refractivity (Wildman–Crippen MR) is 105 cm³/mol. The van der Waals surface area contributed by atoms with Crippen molar-refractivity contribution in [1.82, 2.24) is 5.32 Å². The van der Waals surface area contributed by atoms with E-state index in [1.54, 1.807) is 39.2 Å². The van der Waals surface area contributed by atoms with Crippen LogP contribution < -0.4 is 24.8 Å². The molecule has 1 aliphatic rings. The molecule has 2 N–H and O–H groups in total. The maximum Gasteiger partial charge on any atom is 0.313 e. The molecule has 1 heterocycles. The summed E-state index contributed by atoms with van der Waals surface area (Å²) in [6.07, 6.45) is 0.643. The number of amides is 2. The maximum atomic E-state index is 12.3. The Bertz CT molecular complexity index is 877. The van der Waals surface area contributed by atoms with Crippen LogP contribution in [0.2, 0.25) is 0 Å². The number of hydrogen-bond acceptors (Lipinski definition) is 5. The number of benzene rings is 2. The first-order valence-corrected chi connectivity index (χ1v) is 9.09. The summed E-state index contributed by atoms with van der Waals surface area (Å²) in [5, 5.41) is 5.35. The molecule has 7 heteroatoms. The smallest absolute Gasteiger partial charge is 0.313 e. The number of anilines is 1. The lowest BCUT2D eigenvalue weighted by atomic mass is 10.0. The van der Waals surface area contributed by atoms with Gasteiger partial charge in [-0.1, -0.05) is 19.1 Å². The highest BCUT2D eigenvalue weighted by molar-refractivity contribution is 6.39. The zero-order chi connectivity index (χ0) is 20.3. The molecule has 0 radical (unpaired) electrons. The number of carbonyl (C=O) groups excluding carboxylic acids is 2. The molecule has 0 spiro atoms. The minimum atomic E-state index is -0.755. The molecule has 2 aromatic rings. The summed E-state index contributed by atoms with van der Waals surface area (Å²) in [5.41, 5.74) is 1.35. The Morgan fingerprint density at radius 2 is 1.71 bits per heavy atom. The van der Waals surface area contributed by atoms with Crippen LogP contribution in [0.4, 0.5) is 5.69 Å². The second kappa shape index (κ2) is 7.80. The molecular formula is C21H24N2O5. The van der Waals surface area contributed by atoms with E-state index < -0.39 is 17.6 Å². The average Bonchev–Trinajstić information content (AvgIpc) is 2.99. The summed E-state index contributed by atoms with van der Waals surface area (Å²) in [6.45, 7) is 5.53. The van der Waals surface area contributed by atoms with E-state index in [1.807, 2.05) is 31.2 Å². The van der Waals surface area contributed by atoms with Crippen LogP contribution >= 0.6 is 0 Å². The molecule has 0 fully saturated rings. The van der Waals surface area contributed by atoms with Gasteiger partial charge in [-0.2, -0.15) is 0 Å². The monoisotopic (exact) mass is 384 g/mol. The first kappa shape index (κ1) is 19.5. The van der Waals surface area contributed by atoms with E-state index in [2.05, 4.69) is 10.6 Å². The lowest BCUT2D eigenvalue weighted by Crippen LogP contribution is -2.37. The van der Waals surface area contributed by atoms with Crippen molar-refractivity contribution in [1.29, 1.82) is 0 Å². The highest BCUT2D eigenvalue weighted by Gasteiger charge is 2.32. The topological polar surface area (TPSA) is 85.9 Å². The molecule has 0 aliphatic carbocycles. The summed E-state index contributed by atoms with van der Waals surface area (Å²) in [7, 11) is 1.59. The molecule has 0 aromatic heterocycles. The van der Waals surface area contributed by atoms with E-state index >= 15 is 0 Å². The molecule has 0 bridgehead atoms. The van der Waals surface area contributed by atoms with Gasteiger partial charge < -0.3 is 24.8 Å². The van der Waals surface area contributed by atoms with Crippen LogP contribution in [0.25, 0.3) is 0 Å². The average molecular weight is 384 g/mol. The lowest BCUT2D eigenvalue weighted by molar-refractivity contribution is -0.136. The molecule has 28 heavy (non-hydrogen) atoms. The number of methoxy groups -OCH3 is 1. The zero-order valence-corrected chi connectivity index (χ0v) is 16.4. The highest BCUT2D eigenvalue weighted by Crippen LogP contribution is 2.40. The van der Waals surface area contributed by atoms with Crippen molar-refractivity contribution in [3.05, 3.63) is 48.0 Å². The first-order valence-electron chi connectivity index (χ1n) is 9.09. The van der Waals surface area contributed by atoms with Gasteiger partial charge in [0.05, 0.1) is 13.2 Å². The number of rotatable bonds is 5. The first-order chi connectivity index (χ1) is 13.3. The van der Waals surface area contributed by atoms with Crippen LogP contribution in [0.3, 0.4) is 0 Å². The third-order valence-electron chi connectivity index (χ3n) is 4.35. The third-order valence-corrected chi connectivity index (χ3v) is 4.35. The van der Waals surface area contributed by atoms with E-state index in [9.17, 15) is 9.59 Å². The van der Waals surface area contributed by atoms with Gasteiger partial charge in [0, 0.05) is 25.6 Å². The van der Waals surface area contributed by atoms with Gasteiger partial charge in [0.1, 0.15) is 5.75 Å². The molecule has 2 aromatic carbocycles. The highest BCUT2D eigenvalue weighted by atomic mass is 16.7. The van der Waals surface area contributed by atoms with Gasteiger partial charge in [0.2, 0.25) is 5.79 Å². The van der Waals surface area contributed by atoms with Crippen molar-refractivity contribution in [2.24, 2.45) is 0 Å². The van der Waals surface area contributed by atoms with Crippen molar-refractivity contribution < 1.29 is 23.8 Å². The minimum absolute atomic E-state index is 0.276. The van der Waals surface area contributed by atoms with Crippen LogP contribution in [-0.2, 0) is 9.59 Å². The molecule has 7 nitrogen and oxygen atoms in total. The van der Waals surface area contributed by atoms with Crippen molar-refractivity contribution in [3.63, 3.8) is 0 Å². The molecular weight excluding hydrogens is 360 g/mol. The SMILES string of the molecule is CCC(NC(=O)C(=O)Nc1ccc2c(c1)OC(C)(C)O2)c1ccc(OC)cc1. The lowest BCUT2D eigenvalue weighted by Gasteiger charge is -2.17. The van der Waals surface area contributed by atoms with Gasteiger partial charge in [-0.3, -0.25) is 9.59 Å². The largest absolute Gasteiger partial charge is 0.497 e. The van der Waals surface area contributed by atoms with Gasteiger partial charge in [-0.05, 0) is 36.2 Å². The van der Waals surface area contributed by atoms with Gasteiger partial charge in [-0.25, -0.2) is 0 Å². The Morgan fingerprint density at radius 1 is 1.04 bits per heavy atom. The fourth-order valence-electron chi connectivity index (χ4n) is 2.97. The normalized spacial score (nSPS) is 14.9. The van der Waals surface area contributed by atoms with E-state index in [0.29, 0.717) is 23.6 Å². The zero-order valence-electron chi connectivity index (χ0n) is 16.4. The van der Waals surface area contributed by atoms with Crippen LogP contribution in [-0.4, -0.2) is 24.7 Å². The van der Waals surface area contributed by atoms with Gasteiger partial charge in [0.25, 0.3) is 0 Å². The number of nitrogens with one attached hydrogen (secondary N) is 2. The van der Waals surface area contributed by atoms with Crippen LogP contribution in [0, 0.1) is 0 Å². The Balaban J connectivity index is 1.63. The molecule has 148 valence electrons. The molecule has 3 rings (SSSR count). The predicted octanol–water partition coefficient (Wildman–Crippen LogP) is 3.41. The summed E-state index contributed by atoms with van der Waals surface area (Å²) in [6, 6.07) is 12.1. The van der Waals surface area contributed by atoms with Gasteiger partial charge in [0.15, 0.2) is 11.5 Å². The number of fused-ring (bicyclic) bond motifs is 1. The molecule has 1 aliphatic heterocycles. The fourth-order valence-corrected chi connectivity index (χ4v) is 2.97. The quantitative estimate of drug-likeness (QED) is 0.772. The van der Waals surface area contributed by atoms with Crippen molar-refractivity contribution >= 4 is 17.5 Å². The van der Waals surface area contributed by atoms with E-state index in [1.165, 1.54) is 0 Å². The van der Waals surface area contributed by atoms with Crippen molar-refractivity contribution in [2.45, 2.75) is 39.0 Å². The summed E-state index contributed by atoms with van der Waals surface area (Å²) in [4.78, 5) is 24.7. The molecule has 1 atom stereocenters.